The van der Waals surface area contributed by atoms with Crippen molar-refractivity contribution in [2.24, 2.45) is 0 Å². The van der Waals surface area contributed by atoms with Gasteiger partial charge in [0.2, 0.25) is 0 Å². The maximum absolute atomic E-state index is 13.2. The summed E-state index contributed by atoms with van der Waals surface area (Å²) < 4.78 is 26.3. The lowest BCUT2D eigenvalue weighted by Crippen LogP contribution is -2.21. The molecule has 0 bridgehead atoms. The van der Waals surface area contributed by atoms with Crippen LogP contribution >= 0.6 is 0 Å². The predicted molar refractivity (Wildman–Crippen MR) is 100 cm³/mol. The van der Waals surface area contributed by atoms with Crippen molar-refractivity contribution in [2.75, 3.05) is 20.6 Å². The molecular formula is C20H25NO3S. The molecule has 134 valence electrons. The number of benzene rings is 2. The SMILES string of the molecule is Cc1ccc(S(=O)(=O)[C@H](CC(=O)CCN(C)C)c2ccccc2)cc1. The van der Waals surface area contributed by atoms with Crippen LogP contribution in [0.25, 0.3) is 0 Å². The third-order valence-electron chi connectivity index (χ3n) is 4.15. The van der Waals surface area contributed by atoms with Gasteiger partial charge in [0, 0.05) is 19.4 Å². The molecular weight excluding hydrogens is 334 g/mol. The van der Waals surface area contributed by atoms with Crippen LogP contribution in [-0.4, -0.2) is 39.7 Å². The molecule has 0 aliphatic heterocycles. The summed E-state index contributed by atoms with van der Waals surface area (Å²) in [5.41, 5.74) is 1.65. The van der Waals surface area contributed by atoms with Crippen LogP contribution in [0.2, 0.25) is 0 Å². The topological polar surface area (TPSA) is 54.5 Å². The number of carbonyl (C=O) groups excluding carboxylic acids is 1. The van der Waals surface area contributed by atoms with Crippen molar-refractivity contribution in [3.8, 4) is 0 Å². The van der Waals surface area contributed by atoms with Gasteiger partial charge in [-0.05, 0) is 38.7 Å². The normalized spacial score (nSPS) is 13.0. The van der Waals surface area contributed by atoms with E-state index >= 15 is 0 Å². The molecule has 2 rings (SSSR count). The summed E-state index contributed by atoms with van der Waals surface area (Å²) in [5.74, 6) is -0.0433. The largest absolute Gasteiger partial charge is 0.309 e. The molecule has 2 aromatic carbocycles. The van der Waals surface area contributed by atoms with Gasteiger partial charge in [0.15, 0.2) is 9.84 Å². The molecule has 0 saturated carbocycles. The number of hydrogen-bond acceptors (Lipinski definition) is 4. The highest BCUT2D eigenvalue weighted by molar-refractivity contribution is 7.91. The molecule has 0 aliphatic rings. The Balaban J connectivity index is 2.34. The van der Waals surface area contributed by atoms with E-state index in [4.69, 9.17) is 0 Å². The molecule has 5 heteroatoms. The molecule has 0 fully saturated rings. The quantitative estimate of drug-likeness (QED) is 0.725. The fourth-order valence-electron chi connectivity index (χ4n) is 2.62. The van der Waals surface area contributed by atoms with Crippen molar-refractivity contribution < 1.29 is 13.2 Å². The van der Waals surface area contributed by atoms with Crippen LogP contribution in [0, 0.1) is 6.92 Å². The molecule has 0 N–H and O–H groups in total. The molecule has 4 nitrogen and oxygen atoms in total. The number of rotatable bonds is 8. The first-order valence-electron chi connectivity index (χ1n) is 8.32. The lowest BCUT2D eigenvalue weighted by Gasteiger charge is -2.18. The van der Waals surface area contributed by atoms with Crippen molar-refractivity contribution in [1.29, 1.82) is 0 Å². The zero-order valence-corrected chi connectivity index (χ0v) is 15.8. The summed E-state index contributed by atoms with van der Waals surface area (Å²) in [4.78, 5) is 14.5. The summed E-state index contributed by atoms with van der Waals surface area (Å²) in [7, 11) is 0.149. The lowest BCUT2D eigenvalue weighted by atomic mass is 10.1. The number of ketones is 1. The standard InChI is InChI=1S/C20H25NO3S/c1-16-9-11-19(12-10-16)25(23,24)20(17-7-5-4-6-8-17)15-18(22)13-14-21(2)3/h4-12,20H,13-15H2,1-3H3/t20-/m1/s1. The Morgan fingerprint density at radius 1 is 1.00 bits per heavy atom. The Bertz CT molecular complexity index is 797. The van der Waals surface area contributed by atoms with Gasteiger partial charge in [0.25, 0.3) is 0 Å². The Labute approximate surface area is 150 Å². The zero-order valence-electron chi connectivity index (χ0n) is 15.0. The highest BCUT2D eigenvalue weighted by Gasteiger charge is 2.31. The van der Waals surface area contributed by atoms with Crippen molar-refractivity contribution in [3.63, 3.8) is 0 Å². The molecule has 0 aliphatic carbocycles. The van der Waals surface area contributed by atoms with Crippen LogP contribution in [0.15, 0.2) is 59.5 Å². The Kier molecular flexibility index (Phi) is 6.51. The second kappa shape index (κ2) is 8.41. The molecule has 25 heavy (non-hydrogen) atoms. The lowest BCUT2D eigenvalue weighted by molar-refractivity contribution is -0.119. The third-order valence-corrected chi connectivity index (χ3v) is 6.26. The average Bonchev–Trinajstić information content (AvgIpc) is 2.59. The number of carbonyl (C=O) groups is 1. The first kappa shape index (κ1) is 19.3. The molecule has 1 atom stereocenters. The Hall–Kier alpha value is -1.98. The van der Waals surface area contributed by atoms with Crippen LogP contribution in [0.5, 0.6) is 0 Å². The van der Waals surface area contributed by atoms with Crippen LogP contribution in [-0.2, 0) is 14.6 Å². The van der Waals surface area contributed by atoms with Crippen molar-refractivity contribution >= 4 is 15.6 Å². The average molecular weight is 359 g/mol. The van der Waals surface area contributed by atoms with Gasteiger partial charge in [-0.3, -0.25) is 4.79 Å². The first-order chi connectivity index (χ1) is 11.8. The van der Waals surface area contributed by atoms with Gasteiger partial charge in [0.1, 0.15) is 5.78 Å². The maximum Gasteiger partial charge on any atom is 0.185 e. The van der Waals surface area contributed by atoms with Crippen molar-refractivity contribution in [1.82, 2.24) is 4.90 Å². The smallest absolute Gasteiger partial charge is 0.185 e. The van der Waals surface area contributed by atoms with E-state index in [0.717, 1.165) is 5.56 Å². The summed E-state index contributed by atoms with van der Waals surface area (Å²) in [5, 5.41) is -0.855. The molecule has 0 unspecified atom stereocenters. The molecule has 0 aromatic heterocycles. The number of Topliss-reactive ketones (excluding diaryl/α,β-unsaturated/α-hetero) is 1. The monoisotopic (exact) mass is 359 g/mol. The molecule has 0 saturated heterocycles. The van der Waals surface area contributed by atoms with E-state index in [1.165, 1.54) is 0 Å². The molecule has 0 radical (unpaired) electrons. The molecule has 2 aromatic rings. The second-order valence-electron chi connectivity index (χ2n) is 6.55. The molecule has 0 amide bonds. The highest BCUT2D eigenvalue weighted by Crippen LogP contribution is 2.32. The van der Waals surface area contributed by atoms with Crippen LogP contribution in [0.3, 0.4) is 0 Å². The van der Waals surface area contributed by atoms with Gasteiger partial charge in [-0.15, -0.1) is 0 Å². The summed E-state index contributed by atoms with van der Waals surface area (Å²) >= 11 is 0. The van der Waals surface area contributed by atoms with E-state index in [2.05, 4.69) is 0 Å². The maximum atomic E-state index is 13.2. The number of hydrogen-bond donors (Lipinski definition) is 0. The van der Waals surface area contributed by atoms with Gasteiger partial charge in [-0.1, -0.05) is 48.0 Å². The highest BCUT2D eigenvalue weighted by atomic mass is 32.2. The van der Waals surface area contributed by atoms with Gasteiger partial charge in [-0.25, -0.2) is 8.42 Å². The number of aryl methyl sites for hydroxylation is 1. The Morgan fingerprint density at radius 2 is 1.60 bits per heavy atom. The van der Waals surface area contributed by atoms with Crippen LogP contribution < -0.4 is 0 Å². The Morgan fingerprint density at radius 3 is 2.16 bits per heavy atom. The van der Waals surface area contributed by atoms with E-state index in [1.54, 1.807) is 48.5 Å². The van der Waals surface area contributed by atoms with Gasteiger partial charge in [0.05, 0.1) is 10.1 Å². The molecule has 0 spiro atoms. The summed E-state index contributed by atoms with van der Waals surface area (Å²) in [6.45, 7) is 2.53. The fourth-order valence-corrected chi connectivity index (χ4v) is 4.39. The zero-order chi connectivity index (χ0) is 18.4. The fraction of sp³-hybridized carbons (Fsp3) is 0.350. The van der Waals surface area contributed by atoms with Crippen LogP contribution in [0.4, 0.5) is 0 Å². The molecule has 0 heterocycles. The number of nitrogens with zero attached hydrogens (tertiary/aromatic N) is 1. The van der Waals surface area contributed by atoms with Crippen LogP contribution in [0.1, 0.15) is 29.2 Å². The summed E-state index contributed by atoms with van der Waals surface area (Å²) in [6.07, 6.45) is 0.341. The van der Waals surface area contributed by atoms with E-state index < -0.39 is 15.1 Å². The van der Waals surface area contributed by atoms with E-state index in [0.29, 0.717) is 18.5 Å². The van der Waals surface area contributed by atoms with Gasteiger partial charge in [-0.2, -0.15) is 0 Å². The van der Waals surface area contributed by atoms with Crippen molar-refractivity contribution in [2.45, 2.75) is 29.9 Å². The van der Waals surface area contributed by atoms with Gasteiger partial charge >= 0.3 is 0 Å². The minimum atomic E-state index is -3.64. The minimum absolute atomic E-state index is 0.00589. The van der Waals surface area contributed by atoms with Crippen molar-refractivity contribution in [3.05, 3.63) is 65.7 Å². The van der Waals surface area contributed by atoms with Gasteiger partial charge < -0.3 is 4.90 Å². The predicted octanol–water partition coefficient (Wildman–Crippen LogP) is 3.42. The first-order valence-corrected chi connectivity index (χ1v) is 9.87. The second-order valence-corrected chi connectivity index (χ2v) is 8.68. The summed E-state index contributed by atoms with van der Waals surface area (Å²) in [6, 6.07) is 15.8. The minimum Gasteiger partial charge on any atom is -0.309 e. The third kappa shape index (κ3) is 5.25. The van der Waals surface area contributed by atoms with E-state index in [9.17, 15) is 13.2 Å². The van der Waals surface area contributed by atoms with E-state index in [-0.39, 0.29) is 17.1 Å². The number of sulfone groups is 1. The van der Waals surface area contributed by atoms with E-state index in [1.807, 2.05) is 32.0 Å².